The van der Waals surface area contributed by atoms with E-state index in [0.717, 1.165) is 25.4 Å². The lowest BCUT2D eigenvalue weighted by Crippen LogP contribution is -2.54. The fraction of sp³-hybridized carbons (Fsp3) is 0.889. The Balaban J connectivity index is 1.61. The molecule has 1 atom stereocenters. The summed E-state index contributed by atoms with van der Waals surface area (Å²) in [6.07, 6.45) is 4.97. The predicted molar refractivity (Wildman–Crippen MR) is 46.8 cm³/mol. The molecule has 12 heavy (non-hydrogen) atoms. The molecule has 1 aliphatic carbocycles. The number of amides is 1. The second-order valence-corrected chi connectivity index (χ2v) is 3.84. The van der Waals surface area contributed by atoms with E-state index < -0.39 is 0 Å². The first kappa shape index (κ1) is 8.05. The Bertz CT molecular complexity index is 173. The fourth-order valence-corrected chi connectivity index (χ4v) is 1.58. The average Bonchev–Trinajstić information content (AvgIpc) is 1.79. The molecule has 0 aromatic rings. The Kier molecular flexibility index (Phi) is 2.30. The van der Waals surface area contributed by atoms with Crippen molar-refractivity contribution >= 4 is 5.91 Å². The van der Waals surface area contributed by atoms with Gasteiger partial charge in [0.1, 0.15) is 0 Å². The van der Waals surface area contributed by atoms with E-state index in [-0.39, 0.29) is 11.9 Å². The van der Waals surface area contributed by atoms with Gasteiger partial charge >= 0.3 is 0 Å². The van der Waals surface area contributed by atoms with Gasteiger partial charge in [-0.1, -0.05) is 6.42 Å². The van der Waals surface area contributed by atoms with Crippen molar-refractivity contribution in [1.29, 1.82) is 0 Å². The molecule has 0 aromatic carbocycles. The molecule has 3 nitrogen and oxygen atoms in total. The van der Waals surface area contributed by atoms with Crippen molar-refractivity contribution in [3.05, 3.63) is 0 Å². The minimum atomic E-state index is 0.116. The zero-order valence-electron chi connectivity index (χ0n) is 7.31. The van der Waals surface area contributed by atoms with Crippen LogP contribution in [-0.4, -0.2) is 25.0 Å². The third-order valence-corrected chi connectivity index (χ3v) is 2.93. The summed E-state index contributed by atoms with van der Waals surface area (Å²) in [4.78, 5) is 11.3. The van der Waals surface area contributed by atoms with E-state index in [1.54, 1.807) is 0 Å². The zero-order chi connectivity index (χ0) is 8.39. The molecule has 1 heterocycles. The molecule has 2 rings (SSSR count). The Morgan fingerprint density at radius 2 is 2.17 bits per heavy atom. The largest absolute Gasteiger partial charge is 0.354 e. The van der Waals surface area contributed by atoms with Crippen molar-refractivity contribution in [2.45, 2.75) is 31.7 Å². The van der Waals surface area contributed by atoms with Gasteiger partial charge in [0, 0.05) is 6.54 Å². The summed E-state index contributed by atoms with van der Waals surface area (Å²) in [5.74, 6) is 0.974. The van der Waals surface area contributed by atoms with E-state index in [0.29, 0.717) is 0 Å². The van der Waals surface area contributed by atoms with Gasteiger partial charge in [-0.3, -0.25) is 4.79 Å². The zero-order valence-corrected chi connectivity index (χ0v) is 7.31. The normalized spacial score (nSPS) is 28.8. The van der Waals surface area contributed by atoms with Gasteiger partial charge in [-0.15, -0.1) is 0 Å². The standard InChI is InChI=1S/C9H16N2O/c12-9(8-4-5-10-8)11-6-7-2-1-3-7/h7-8,10H,1-6H2,(H,11,12)/t8-/m1/s1. The summed E-state index contributed by atoms with van der Waals surface area (Å²) in [5, 5.41) is 6.08. The number of carbonyl (C=O) groups excluding carboxylic acids is 1. The Morgan fingerprint density at radius 3 is 2.58 bits per heavy atom. The third-order valence-electron chi connectivity index (χ3n) is 2.93. The van der Waals surface area contributed by atoms with E-state index in [4.69, 9.17) is 0 Å². The van der Waals surface area contributed by atoms with Crippen LogP contribution < -0.4 is 10.6 Å². The molecule has 2 fully saturated rings. The number of rotatable bonds is 3. The molecule has 68 valence electrons. The Morgan fingerprint density at radius 1 is 1.42 bits per heavy atom. The molecule has 1 saturated heterocycles. The van der Waals surface area contributed by atoms with Crippen LogP contribution in [0.2, 0.25) is 0 Å². The maximum atomic E-state index is 11.3. The van der Waals surface area contributed by atoms with Crippen LogP contribution in [0.5, 0.6) is 0 Å². The first-order valence-electron chi connectivity index (χ1n) is 4.87. The van der Waals surface area contributed by atoms with Gasteiger partial charge in [-0.2, -0.15) is 0 Å². The van der Waals surface area contributed by atoms with Crippen molar-refractivity contribution in [1.82, 2.24) is 10.6 Å². The minimum absolute atomic E-state index is 0.116. The highest BCUT2D eigenvalue weighted by Crippen LogP contribution is 2.25. The topological polar surface area (TPSA) is 41.1 Å². The highest BCUT2D eigenvalue weighted by Gasteiger charge is 2.25. The van der Waals surface area contributed by atoms with Gasteiger partial charge in [-0.25, -0.2) is 0 Å². The molecule has 1 amide bonds. The van der Waals surface area contributed by atoms with Crippen LogP contribution in [0.3, 0.4) is 0 Å². The van der Waals surface area contributed by atoms with E-state index >= 15 is 0 Å². The van der Waals surface area contributed by atoms with Crippen molar-refractivity contribution in [3.8, 4) is 0 Å². The van der Waals surface area contributed by atoms with E-state index in [1.165, 1.54) is 19.3 Å². The second-order valence-electron chi connectivity index (χ2n) is 3.84. The lowest BCUT2D eigenvalue weighted by Gasteiger charge is -2.29. The first-order valence-corrected chi connectivity index (χ1v) is 4.87. The summed E-state index contributed by atoms with van der Waals surface area (Å²) in [6, 6.07) is 0.116. The van der Waals surface area contributed by atoms with Crippen LogP contribution in [0.15, 0.2) is 0 Å². The smallest absolute Gasteiger partial charge is 0.237 e. The molecule has 2 aliphatic rings. The molecular weight excluding hydrogens is 152 g/mol. The van der Waals surface area contributed by atoms with Crippen LogP contribution in [-0.2, 0) is 4.79 Å². The van der Waals surface area contributed by atoms with Crippen molar-refractivity contribution in [3.63, 3.8) is 0 Å². The van der Waals surface area contributed by atoms with E-state index in [2.05, 4.69) is 10.6 Å². The van der Waals surface area contributed by atoms with Crippen molar-refractivity contribution in [2.24, 2.45) is 5.92 Å². The van der Waals surface area contributed by atoms with Gasteiger partial charge in [0.25, 0.3) is 0 Å². The molecule has 3 heteroatoms. The van der Waals surface area contributed by atoms with Crippen molar-refractivity contribution in [2.75, 3.05) is 13.1 Å². The fourth-order valence-electron chi connectivity index (χ4n) is 1.58. The summed E-state index contributed by atoms with van der Waals surface area (Å²) in [5.41, 5.74) is 0. The van der Waals surface area contributed by atoms with Crippen LogP contribution in [0.1, 0.15) is 25.7 Å². The van der Waals surface area contributed by atoms with Gasteiger partial charge in [0.2, 0.25) is 5.91 Å². The number of hydrogen-bond donors (Lipinski definition) is 2. The highest BCUT2D eigenvalue weighted by atomic mass is 16.2. The molecule has 0 aromatic heterocycles. The molecule has 0 radical (unpaired) electrons. The summed E-state index contributed by atoms with van der Waals surface area (Å²) in [7, 11) is 0. The number of carbonyl (C=O) groups is 1. The van der Waals surface area contributed by atoms with Crippen molar-refractivity contribution < 1.29 is 4.79 Å². The molecular formula is C9H16N2O. The van der Waals surface area contributed by atoms with Gasteiger partial charge in [-0.05, 0) is 31.7 Å². The van der Waals surface area contributed by atoms with Gasteiger partial charge in [0.05, 0.1) is 6.04 Å². The number of hydrogen-bond acceptors (Lipinski definition) is 2. The second kappa shape index (κ2) is 3.44. The molecule has 1 saturated carbocycles. The summed E-state index contributed by atoms with van der Waals surface area (Å²) < 4.78 is 0. The van der Waals surface area contributed by atoms with E-state index in [1.807, 2.05) is 0 Å². The van der Waals surface area contributed by atoms with Gasteiger partial charge < -0.3 is 10.6 Å². The van der Waals surface area contributed by atoms with Crippen LogP contribution >= 0.6 is 0 Å². The van der Waals surface area contributed by atoms with Crippen LogP contribution in [0.4, 0.5) is 0 Å². The molecule has 1 aliphatic heterocycles. The third kappa shape index (κ3) is 1.61. The quantitative estimate of drug-likeness (QED) is 0.635. The lowest BCUT2D eigenvalue weighted by molar-refractivity contribution is -0.125. The lowest BCUT2D eigenvalue weighted by atomic mass is 9.85. The van der Waals surface area contributed by atoms with Crippen LogP contribution in [0.25, 0.3) is 0 Å². The average molecular weight is 168 g/mol. The summed E-state index contributed by atoms with van der Waals surface area (Å²) in [6.45, 7) is 1.90. The molecule has 0 bridgehead atoms. The highest BCUT2D eigenvalue weighted by molar-refractivity contribution is 5.82. The Labute approximate surface area is 72.9 Å². The molecule has 2 N–H and O–H groups in total. The summed E-state index contributed by atoms with van der Waals surface area (Å²) >= 11 is 0. The van der Waals surface area contributed by atoms with Gasteiger partial charge in [0.15, 0.2) is 0 Å². The Hall–Kier alpha value is -0.570. The SMILES string of the molecule is O=C(NCC1CCC1)[C@H]1CCN1. The van der Waals surface area contributed by atoms with E-state index in [9.17, 15) is 4.79 Å². The molecule has 0 spiro atoms. The monoisotopic (exact) mass is 168 g/mol. The minimum Gasteiger partial charge on any atom is -0.354 e. The molecule has 0 unspecified atom stereocenters. The first-order chi connectivity index (χ1) is 5.86. The maximum Gasteiger partial charge on any atom is 0.237 e. The van der Waals surface area contributed by atoms with Crippen LogP contribution in [0, 0.1) is 5.92 Å². The number of nitrogens with one attached hydrogen (secondary N) is 2. The predicted octanol–water partition coefficient (Wildman–Crippen LogP) is 0.265. The maximum absolute atomic E-state index is 11.3.